The summed E-state index contributed by atoms with van der Waals surface area (Å²) in [6, 6.07) is 5.12. The van der Waals surface area contributed by atoms with Crippen molar-refractivity contribution in [3.05, 3.63) is 35.1 Å². The SMILES string of the molecule is CC(C)N(CCCO)Cc1cc(F)cc(C#CCCO)c1. The van der Waals surface area contributed by atoms with Gasteiger partial charge in [-0.05, 0) is 44.0 Å². The number of rotatable bonds is 7. The molecule has 4 heteroatoms. The summed E-state index contributed by atoms with van der Waals surface area (Å²) in [6.45, 7) is 5.74. The average molecular weight is 293 g/mol. The lowest BCUT2D eigenvalue weighted by Crippen LogP contribution is -2.31. The van der Waals surface area contributed by atoms with Gasteiger partial charge in [0.1, 0.15) is 5.82 Å². The van der Waals surface area contributed by atoms with E-state index in [4.69, 9.17) is 10.2 Å². The molecule has 0 aliphatic heterocycles. The van der Waals surface area contributed by atoms with Gasteiger partial charge in [-0.1, -0.05) is 11.8 Å². The largest absolute Gasteiger partial charge is 0.396 e. The molecule has 21 heavy (non-hydrogen) atoms. The highest BCUT2D eigenvalue weighted by atomic mass is 19.1. The molecule has 1 aromatic carbocycles. The van der Waals surface area contributed by atoms with Crippen LogP contribution in [0, 0.1) is 17.7 Å². The summed E-state index contributed by atoms with van der Waals surface area (Å²) in [6.07, 6.45) is 1.09. The third kappa shape index (κ3) is 6.72. The van der Waals surface area contributed by atoms with Crippen LogP contribution < -0.4 is 0 Å². The third-order valence-corrected chi connectivity index (χ3v) is 3.15. The van der Waals surface area contributed by atoms with Crippen LogP contribution in [0.3, 0.4) is 0 Å². The number of nitrogens with zero attached hydrogens (tertiary/aromatic N) is 1. The molecule has 2 N–H and O–H groups in total. The molecule has 0 radical (unpaired) electrons. The van der Waals surface area contributed by atoms with Crippen LogP contribution >= 0.6 is 0 Å². The molecule has 0 saturated heterocycles. The fraction of sp³-hybridized carbons (Fsp3) is 0.529. The van der Waals surface area contributed by atoms with Crippen LogP contribution in [0.5, 0.6) is 0 Å². The van der Waals surface area contributed by atoms with Gasteiger partial charge in [0, 0.05) is 37.7 Å². The van der Waals surface area contributed by atoms with Gasteiger partial charge in [0.05, 0.1) is 6.61 Å². The monoisotopic (exact) mass is 293 g/mol. The van der Waals surface area contributed by atoms with Crippen LogP contribution in [0.2, 0.25) is 0 Å². The van der Waals surface area contributed by atoms with Crippen molar-refractivity contribution in [1.29, 1.82) is 0 Å². The number of aliphatic hydroxyl groups is 2. The highest BCUT2D eigenvalue weighted by Crippen LogP contribution is 2.13. The van der Waals surface area contributed by atoms with Gasteiger partial charge in [-0.15, -0.1) is 0 Å². The Hall–Kier alpha value is -1.41. The van der Waals surface area contributed by atoms with E-state index >= 15 is 0 Å². The molecule has 0 fully saturated rings. The van der Waals surface area contributed by atoms with E-state index in [-0.39, 0.29) is 19.0 Å². The molecule has 0 aliphatic carbocycles. The Balaban J connectivity index is 2.84. The van der Waals surface area contributed by atoms with Crippen LogP contribution in [0.15, 0.2) is 18.2 Å². The molecule has 3 nitrogen and oxygen atoms in total. The highest BCUT2D eigenvalue weighted by Gasteiger charge is 2.10. The van der Waals surface area contributed by atoms with Crippen molar-refractivity contribution in [3.63, 3.8) is 0 Å². The van der Waals surface area contributed by atoms with Crippen molar-refractivity contribution < 1.29 is 14.6 Å². The molecule has 1 aromatic rings. The summed E-state index contributed by atoms with van der Waals surface area (Å²) < 4.78 is 13.7. The Morgan fingerprint density at radius 3 is 2.57 bits per heavy atom. The molecule has 0 aliphatic rings. The fourth-order valence-corrected chi connectivity index (χ4v) is 2.06. The minimum atomic E-state index is -0.299. The highest BCUT2D eigenvalue weighted by molar-refractivity contribution is 5.37. The van der Waals surface area contributed by atoms with Crippen LogP contribution in [-0.4, -0.2) is 40.9 Å². The summed E-state index contributed by atoms with van der Waals surface area (Å²) in [5, 5.41) is 17.7. The third-order valence-electron chi connectivity index (χ3n) is 3.15. The number of hydrogen-bond donors (Lipinski definition) is 2. The number of halogens is 1. The zero-order valence-corrected chi connectivity index (χ0v) is 12.8. The van der Waals surface area contributed by atoms with Crippen molar-refractivity contribution in [2.24, 2.45) is 0 Å². The second kappa shape index (κ2) is 9.51. The Morgan fingerprint density at radius 1 is 1.19 bits per heavy atom. The van der Waals surface area contributed by atoms with E-state index in [1.165, 1.54) is 12.1 Å². The normalized spacial score (nSPS) is 10.8. The maximum Gasteiger partial charge on any atom is 0.124 e. The maximum atomic E-state index is 13.7. The lowest BCUT2D eigenvalue weighted by atomic mass is 10.1. The van der Waals surface area contributed by atoms with Crippen molar-refractivity contribution >= 4 is 0 Å². The van der Waals surface area contributed by atoms with Crippen molar-refractivity contribution in [2.45, 2.75) is 39.3 Å². The summed E-state index contributed by atoms with van der Waals surface area (Å²) in [4.78, 5) is 2.19. The minimum Gasteiger partial charge on any atom is -0.396 e. The molecule has 0 spiro atoms. The molecule has 0 saturated carbocycles. The zero-order chi connectivity index (χ0) is 15.7. The lowest BCUT2D eigenvalue weighted by Gasteiger charge is -2.26. The second-order valence-electron chi connectivity index (χ2n) is 5.26. The molecule has 1 rings (SSSR count). The van der Waals surface area contributed by atoms with E-state index in [1.54, 1.807) is 0 Å². The quantitative estimate of drug-likeness (QED) is 0.757. The predicted octanol–water partition coefficient (Wildman–Crippen LogP) is 2.15. The van der Waals surface area contributed by atoms with E-state index in [0.717, 1.165) is 12.1 Å². The summed E-state index contributed by atoms with van der Waals surface area (Å²) in [5.74, 6) is 5.37. The van der Waals surface area contributed by atoms with Crippen LogP contribution in [0.4, 0.5) is 4.39 Å². The molecule has 0 atom stereocenters. The van der Waals surface area contributed by atoms with Crippen LogP contribution in [-0.2, 0) is 6.54 Å². The van der Waals surface area contributed by atoms with Gasteiger partial charge in [0.2, 0.25) is 0 Å². The topological polar surface area (TPSA) is 43.7 Å². The van der Waals surface area contributed by atoms with Crippen LogP contribution in [0.25, 0.3) is 0 Å². The average Bonchev–Trinajstić information content (AvgIpc) is 2.43. The first-order valence-corrected chi connectivity index (χ1v) is 7.31. The summed E-state index contributed by atoms with van der Waals surface area (Å²) in [5.41, 5.74) is 1.50. The fourth-order valence-electron chi connectivity index (χ4n) is 2.06. The molecule has 0 aromatic heterocycles. The maximum absolute atomic E-state index is 13.7. The Bertz CT molecular complexity index is 491. The molecule has 0 bridgehead atoms. The van der Waals surface area contributed by atoms with Crippen molar-refractivity contribution in [1.82, 2.24) is 4.90 Å². The first-order valence-electron chi connectivity index (χ1n) is 7.31. The van der Waals surface area contributed by atoms with Gasteiger partial charge in [0.15, 0.2) is 0 Å². The van der Waals surface area contributed by atoms with Gasteiger partial charge < -0.3 is 10.2 Å². The molecular weight excluding hydrogens is 269 g/mol. The van der Waals surface area contributed by atoms with Crippen molar-refractivity contribution in [3.8, 4) is 11.8 Å². The summed E-state index contributed by atoms with van der Waals surface area (Å²) in [7, 11) is 0. The minimum absolute atomic E-state index is 0.0114. The molecule has 0 heterocycles. The Kier molecular flexibility index (Phi) is 7.99. The zero-order valence-electron chi connectivity index (χ0n) is 12.8. The lowest BCUT2D eigenvalue weighted by molar-refractivity contribution is 0.184. The van der Waals surface area contributed by atoms with E-state index in [9.17, 15) is 4.39 Å². The predicted molar refractivity (Wildman–Crippen MR) is 82.2 cm³/mol. The van der Waals surface area contributed by atoms with Gasteiger partial charge in [-0.2, -0.15) is 0 Å². The van der Waals surface area contributed by atoms with Gasteiger partial charge in [-0.3, -0.25) is 4.90 Å². The van der Waals surface area contributed by atoms with Gasteiger partial charge in [-0.25, -0.2) is 4.39 Å². The smallest absolute Gasteiger partial charge is 0.124 e. The van der Waals surface area contributed by atoms with Gasteiger partial charge >= 0.3 is 0 Å². The molecule has 116 valence electrons. The molecule has 0 amide bonds. The van der Waals surface area contributed by atoms with Crippen LogP contribution in [0.1, 0.15) is 37.8 Å². The molecular formula is C17H24FNO2. The first-order chi connectivity index (χ1) is 10.1. The Labute approximate surface area is 126 Å². The summed E-state index contributed by atoms with van der Waals surface area (Å²) >= 11 is 0. The van der Waals surface area contributed by atoms with E-state index in [0.29, 0.717) is 31.0 Å². The van der Waals surface area contributed by atoms with E-state index < -0.39 is 0 Å². The Morgan fingerprint density at radius 2 is 1.95 bits per heavy atom. The number of hydrogen-bond acceptors (Lipinski definition) is 3. The van der Waals surface area contributed by atoms with E-state index in [1.807, 2.05) is 6.07 Å². The molecule has 0 unspecified atom stereocenters. The first kappa shape index (κ1) is 17.6. The standard InChI is InChI=1S/C17H24FNO2/c1-14(2)19(7-5-9-21)13-16-10-15(6-3-4-8-20)11-17(18)12-16/h10-12,14,20-21H,4-5,7-9,13H2,1-2H3. The van der Waals surface area contributed by atoms with Crippen molar-refractivity contribution in [2.75, 3.05) is 19.8 Å². The van der Waals surface area contributed by atoms with Gasteiger partial charge in [0.25, 0.3) is 0 Å². The van der Waals surface area contributed by atoms with E-state index in [2.05, 4.69) is 30.6 Å². The number of aliphatic hydroxyl groups excluding tert-OH is 2. The number of benzene rings is 1. The second-order valence-corrected chi connectivity index (χ2v) is 5.26.